The van der Waals surface area contributed by atoms with Crippen LogP contribution in [0.2, 0.25) is 10.0 Å². The predicted octanol–water partition coefficient (Wildman–Crippen LogP) is 4.32. The number of hydrogen-bond acceptors (Lipinski definition) is 5. The molecule has 1 amide bonds. The molecule has 0 atom stereocenters. The van der Waals surface area contributed by atoms with E-state index in [1.165, 1.54) is 17.1 Å². The van der Waals surface area contributed by atoms with Crippen LogP contribution in [0.15, 0.2) is 59.8 Å². The normalized spacial score (nSPS) is 17.3. The molecule has 0 bridgehead atoms. The van der Waals surface area contributed by atoms with Gasteiger partial charge in [0, 0.05) is 29.1 Å². The second-order valence-electron chi connectivity index (χ2n) is 10.0. The molecule has 8 nitrogen and oxygen atoms in total. The maximum atomic E-state index is 13.3. The fourth-order valence-corrected chi connectivity index (χ4v) is 5.52. The molecular weight excluding hydrogens is 513 g/mol. The number of amides is 1. The van der Waals surface area contributed by atoms with Crippen LogP contribution in [0, 0.1) is 5.92 Å². The van der Waals surface area contributed by atoms with Crippen LogP contribution in [0.1, 0.15) is 25.7 Å². The van der Waals surface area contributed by atoms with Crippen molar-refractivity contribution in [3.8, 4) is 16.8 Å². The Morgan fingerprint density at radius 3 is 2.49 bits per heavy atom. The third kappa shape index (κ3) is 4.77. The first-order chi connectivity index (χ1) is 17.8. The van der Waals surface area contributed by atoms with Gasteiger partial charge < -0.3 is 10.0 Å². The average molecular weight is 538 g/mol. The molecule has 190 valence electrons. The van der Waals surface area contributed by atoms with E-state index in [1.807, 2.05) is 41.3 Å². The second kappa shape index (κ2) is 9.28. The van der Waals surface area contributed by atoms with E-state index in [-0.39, 0.29) is 23.9 Å². The first-order valence-corrected chi connectivity index (χ1v) is 13.1. The van der Waals surface area contributed by atoms with Gasteiger partial charge in [0.15, 0.2) is 5.65 Å². The number of likely N-dealkylation sites (tertiary alicyclic amines) is 1. The van der Waals surface area contributed by atoms with E-state index in [4.69, 9.17) is 23.2 Å². The van der Waals surface area contributed by atoms with Gasteiger partial charge in [-0.05, 0) is 67.1 Å². The minimum absolute atomic E-state index is 0.121. The lowest BCUT2D eigenvalue weighted by molar-refractivity contribution is -0.137. The number of carbonyl (C=O) groups excluding carboxylic acids is 1. The summed E-state index contributed by atoms with van der Waals surface area (Å²) in [6, 6.07) is 13.0. The molecule has 6 rings (SSSR count). The molecule has 2 aliphatic rings. The lowest BCUT2D eigenvalue weighted by Crippen LogP contribution is -2.50. The SMILES string of the molecule is O=C(C1CC1)N1CCC(O)(Cn2cnc3c(cnn3-c3cccc(-c4cc(Cl)cc(Cl)c4)c3)c2=O)CC1. The smallest absolute Gasteiger partial charge is 0.264 e. The Morgan fingerprint density at radius 1 is 1.05 bits per heavy atom. The number of aliphatic hydroxyl groups is 1. The number of halogens is 2. The lowest BCUT2D eigenvalue weighted by Gasteiger charge is -2.38. The molecule has 37 heavy (non-hydrogen) atoms. The monoisotopic (exact) mass is 537 g/mol. The highest BCUT2D eigenvalue weighted by atomic mass is 35.5. The zero-order chi connectivity index (χ0) is 25.7. The summed E-state index contributed by atoms with van der Waals surface area (Å²) < 4.78 is 3.06. The van der Waals surface area contributed by atoms with Gasteiger partial charge in [0.25, 0.3) is 5.56 Å². The van der Waals surface area contributed by atoms with E-state index in [2.05, 4.69) is 10.1 Å². The summed E-state index contributed by atoms with van der Waals surface area (Å²) in [4.78, 5) is 32.0. The molecule has 4 aromatic rings. The molecule has 3 heterocycles. The third-order valence-corrected chi connectivity index (χ3v) is 7.67. The highest BCUT2D eigenvalue weighted by Gasteiger charge is 2.39. The largest absolute Gasteiger partial charge is 0.388 e. The van der Waals surface area contributed by atoms with Gasteiger partial charge in [-0.3, -0.25) is 14.2 Å². The van der Waals surface area contributed by atoms with E-state index in [0.29, 0.717) is 47.0 Å². The molecule has 2 fully saturated rings. The topological polar surface area (TPSA) is 93.2 Å². The summed E-state index contributed by atoms with van der Waals surface area (Å²) >= 11 is 12.4. The number of aromatic nitrogens is 4. The van der Waals surface area contributed by atoms with E-state index in [1.54, 1.807) is 10.7 Å². The van der Waals surface area contributed by atoms with Crippen molar-refractivity contribution >= 4 is 40.1 Å². The van der Waals surface area contributed by atoms with Crippen LogP contribution in [0.5, 0.6) is 0 Å². The van der Waals surface area contributed by atoms with Crippen molar-refractivity contribution in [3.05, 3.63) is 75.4 Å². The predicted molar refractivity (Wildman–Crippen MR) is 142 cm³/mol. The third-order valence-electron chi connectivity index (χ3n) is 7.24. The summed E-state index contributed by atoms with van der Waals surface area (Å²) in [5, 5.41) is 17.1. The maximum Gasteiger partial charge on any atom is 0.264 e. The average Bonchev–Trinajstić information content (AvgIpc) is 3.64. The minimum Gasteiger partial charge on any atom is -0.388 e. The zero-order valence-corrected chi connectivity index (χ0v) is 21.5. The molecule has 1 saturated heterocycles. The van der Waals surface area contributed by atoms with Crippen LogP contribution < -0.4 is 5.56 Å². The van der Waals surface area contributed by atoms with Gasteiger partial charge in [-0.15, -0.1) is 0 Å². The summed E-state index contributed by atoms with van der Waals surface area (Å²) in [6.07, 6.45) is 5.75. The quantitative estimate of drug-likeness (QED) is 0.409. The number of rotatable bonds is 5. The first-order valence-electron chi connectivity index (χ1n) is 12.3. The van der Waals surface area contributed by atoms with Crippen molar-refractivity contribution in [2.75, 3.05) is 13.1 Å². The molecule has 1 saturated carbocycles. The standard InChI is InChI=1S/C27H25Cl2N5O3/c28-20-10-19(11-21(29)13-20)18-2-1-3-22(12-18)34-24-23(14-31-34)26(36)33(16-30-24)15-27(37)6-8-32(9-7-27)25(35)17-4-5-17/h1-3,10-14,16-17,37H,4-9,15H2. The Labute approximate surface area is 223 Å². The van der Waals surface area contributed by atoms with Crippen LogP contribution in [0.4, 0.5) is 0 Å². The Morgan fingerprint density at radius 2 is 1.78 bits per heavy atom. The van der Waals surface area contributed by atoms with Gasteiger partial charge in [-0.1, -0.05) is 35.3 Å². The Kier molecular flexibility index (Phi) is 6.06. The highest BCUT2D eigenvalue weighted by Crippen LogP contribution is 2.33. The molecule has 0 spiro atoms. The highest BCUT2D eigenvalue weighted by molar-refractivity contribution is 6.35. The number of hydrogen-bond donors (Lipinski definition) is 1. The van der Waals surface area contributed by atoms with Crippen LogP contribution in [-0.2, 0) is 11.3 Å². The molecular formula is C27H25Cl2N5O3. The first kappa shape index (κ1) is 24.2. The molecule has 1 aliphatic carbocycles. The summed E-state index contributed by atoms with van der Waals surface area (Å²) in [7, 11) is 0. The molecule has 1 N–H and O–H groups in total. The molecule has 2 aromatic carbocycles. The maximum absolute atomic E-state index is 13.3. The van der Waals surface area contributed by atoms with Gasteiger partial charge in [-0.2, -0.15) is 5.10 Å². The number of piperidine rings is 1. The number of fused-ring (bicyclic) bond motifs is 1. The Balaban J connectivity index is 1.25. The molecule has 0 radical (unpaired) electrons. The van der Waals surface area contributed by atoms with Crippen LogP contribution in [0.25, 0.3) is 27.8 Å². The molecule has 1 aliphatic heterocycles. The van der Waals surface area contributed by atoms with E-state index < -0.39 is 5.60 Å². The fraction of sp³-hybridized carbons (Fsp3) is 0.333. The van der Waals surface area contributed by atoms with E-state index in [0.717, 1.165) is 29.7 Å². The van der Waals surface area contributed by atoms with Gasteiger partial charge >= 0.3 is 0 Å². The van der Waals surface area contributed by atoms with Crippen LogP contribution >= 0.6 is 23.2 Å². The number of benzene rings is 2. The lowest BCUT2D eigenvalue weighted by atomic mass is 9.91. The summed E-state index contributed by atoms with van der Waals surface area (Å²) in [5.41, 5.74) is 1.59. The van der Waals surface area contributed by atoms with Crippen molar-refractivity contribution in [3.63, 3.8) is 0 Å². The molecule has 2 aromatic heterocycles. The van der Waals surface area contributed by atoms with Gasteiger partial charge in [0.05, 0.1) is 24.0 Å². The van der Waals surface area contributed by atoms with Crippen molar-refractivity contribution in [2.24, 2.45) is 5.92 Å². The van der Waals surface area contributed by atoms with Crippen molar-refractivity contribution in [1.29, 1.82) is 0 Å². The van der Waals surface area contributed by atoms with Gasteiger partial charge in [-0.25, -0.2) is 9.67 Å². The van der Waals surface area contributed by atoms with Crippen LogP contribution in [0.3, 0.4) is 0 Å². The van der Waals surface area contributed by atoms with Crippen molar-refractivity contribution in [2.45, 2.75) is 37.8 Å². The summed E-state index contributed by atoms with van der Waals surface area (Å²) in [5.74, 6) is 0.359. The summed E-state index contributed by atoms with van der Waals surface area (Å²) in [6.45, 7) is 1.13. The zero-order valence-electron chi connectivity index (χ0n) is 20.0. The Bertz CT molecular complexity index is 1550. The number of carbonyl (C=O) groups is 1. The van der Waals surface area contributed by atoms with E-state index >= 15 is 0 Å². The minimum atomic E-state index is -1.07. The van der Waals surface area contributed by atoms with Gasteiger partial charge in [0.2, 0.25) is 5.91 Å². The molecule has 10 heteroatoms. The van der Waals surface area contributed by atoms with Gasteiger partial charge in [0.1, 0.15) is 11.7 Å². The van der Waals surface area contributed by atoms with Crippen molar-refractivity contribution < 1.29 is 9.90 Å². The number of nitrogens with zero attached hydrogens (tertiary/aromatic N) is 5. The van der Waals surface area contributed by atoms with Crippen molar-refractivity contribution in [1.82, 2.24) is 24.2 Å². The Hall–Kier alpha value is -3.20. The molecule has 0 unspecified atom stereocenters. The fourth-order valence-electron chi connectivity index (χ4n) is 4.99. The van der Waals surface area contributed by atoms with E-state index in [9.17, 15) is 14.7 Å². The van der Waals surface area contributed by atoms with Crippen LogP contribution in [-0.4, -0.2) is 53.9 Å². The second-order valence-corrected chi connectivity index (χ2v) is 10.9.